The standard InChI is InChI=1S/C14H17Cl3O/c15-8-14(9-16,10-18-7-11-5-6-11)12-3-1-2-4-13(12)17/h1-4,11H,5-10H2. The molecular weight excluding hydrogens is 291 g/mol. The Balaban J connectivity index is 2.11. The summed E-state index contributed by atoms with van der Waals surface area (Å²) < 4.78 is 5.79. The molecule has 1 aliphatic rings. The van der Waals surface area contributed by atoms with Gasteiger partial charge >= 0.3 is 0 Å². The Bertz CT molecular complexity index is 386. The number of hydrogen-bond donors (Lipinski definition) is 0. The molecule has 18 heavy (non-hydrogen) atoms. The summed E-state index contributed by atoms with van der Waals surface area (Å²) in [5, 5.41) is 0.703. The van der Waals surface area contributed by atoms with Gasteiger partial charge in [-0.05, 0) is 30.4 Å². The van der Waals surface area contributed by atoms with Crippen LogP contribution in [0.2, 0.25) is 5.02 Å². The van der Waals surface area contributed by atoms with Gasteiger partial charge in [0, 0.05) is 28.8 Å². The molecule has 1 aromatic rings. The molecule has 0 aliphatic heterocycles. The van der Waals surface area contributed by atoms with Crippen LogP contribution >= 0.6 is 34.8 Å². The quantitative estimate of drug-likeness (QED) is 0.675. The minimum atomic E-state index is -0.393. The minimum Gasteiger partial charge on any atom is -0.380 e. The maximum Gasteiger partial charge on any atom is 0.0586 e. The Morgan fingerprint density at radius 3 is 2.39 bits per heavy atom. The minimum absolute atomic E-state index is 0.393. The van der Waals surface area contributed by atoms with Gasteiger partial charge in [0.2, 0.25) is 0 Å². The highest BCUT2D eigenvalue weighted by molar-refractivity contribution is 6.32. The van der Waals surface area contributed by atoms with Crippen LogP contribution < -0.4 is 0 Å². The van der Waals surface area contributed by atoms with Crippen LogP contribution in [0.15, 0.2) is 24.3 Å². The van der Waals surface area contributed by atoms with Crippen LogP contribution in [0.25, 0.3) is 0 Å². The molecular formula is C14H17Cl3O. The molecule has 0 radical (unpaired) electrons. The van der Waals surface area contributed by atoms with Crippen LogP contribution in [-0.2, 0) is 10.2 Å². The lowest BCUT2D eigenvalue weighted by atomic mass is 9.85. The molecule has 0 bridgehead atoms. The van der Waals surface area contributed by atoms with Crippen LogP contribution in [-0.4, -0.2) is 25.0 Å². The lowest BCUT2D eigenvalue weighted by Crippen LogP contribution is -2.36. The third kappa shape index (κ3) is 3.33. The summed E-state index contributed by atoms with van der Waals surface area (Å²) in [6.45, 7) is 1.33. The number of alkyl halides is 2. The van der Waals surface area contributed by atoms with Crippen LogP contribution in [0.4, 0.5) is 0 Å². The number of benzene rings is 1. The molecule has 0 unspecified atom stereocenters. The molecule has 0 atom stereocenters. The first-order chi connectivity index (χ1) is 8.72. The predicted octanol–water partition coefficient (Wildman–Crippen LogP) is 4.48. The van der Waals surface area contributed by atoms with Gasteiger partial charge in [-0.1, -0.05) is 29.8 Å². The van der Waals surface area contributed by atoms with Gasteiger partial charge in [0.15, 0.2) is 0 Å². The van der Waals surface area contributed by atoms with E-state index >= 15 is 0 Å². The van der Waals surface area contributed by atoms with Gasteiger partial charge in [-0.25, -0.2) is 0 Å². The van der Waals surface area contributed by atoms with E-state index in [1.807, 2.05) is 24.3 Å². The van der Waals surface area contributed by atoms with Gasteiger partial charge in [0.25, 0.3) is 0 Å². The third-order valence-corrected chi connectivity index (χ3v) is 4.74. The second kappa shape index (κ2) is 6.47. The van der Waals surface area contributed by atoms with E-state index in [0.29, 0.717) is 23.4 Å². The topological polar surface area (TPSA) is 9.23 Å². The normalized spacial score (nSPS) is 15.9. The molecule has 1 fully saturated rings. The van der Waals surface area contributed by atoms with Crippen molar-refractivity contribution in [2.75, 3.05) is 25.0 Å². The second-order valence-corrected chi connectivity index (χ2v) is 5.93. The highest BCUT2D eigenvalue weighted by atomic mass is 35.5. The number of hydrogen-bond acceptors (Lipinski definition) is 1. The smallest absolute Gasteiger partial charge is 0.0586 e. The maximum atomic E-state index is 6.25. The molecule has 0 N–H and O–H groups in total. The Hall–Kier alpha value is 0.0500. The van der Waals surface area contributed by atoms with Crippen LogP contribution in [0.5, 0.6) is 0 Å². The van der Waals surface area contributed by atoms with Crippen LogP contribution in [0.1, 0.15) is 18.4 Å². The Kier molecular flexibility index (Phi) is 5.20. The maximum absolute atomic E-state index is 6.25. The van der Waals surface area contributed by atoms with Gasteiger partial charge in [-0.3, -0.25) is 0 Å². The fraction of sp³-hybridized carbons (Fsp3) is 0.571. The molecule has 1 saturated carbocycles. The molecule has 0 saturated heterocycles. The zero-order valence-electron chi connectivity index (χ0n) is 10.2. The SMILES string of the molecule is ClCC(CCl)(COCC1CC1)c1ccccc1Cl. The van der Waals surface area contributed by atoms with Crippen molar-refractivity contribution in [1.29, 1.82) is 0 Å². The highest BCUT2D eigenvalue weighted by Crippen LogP contribution is 2.34. The van der Waals surface area contributed by atoms with E-state index in [0.717, 1.165) is 18.1 Å². The third-order valence-electron chi connectivity index (χ3n) is 3.39. The van der Waals surface area contributed by atoms with Crippen molar-refractivity contribution in [2.24, 2.45) is 5.92 Å². The van der Waals surface area contributed by atoms with E-state index in [2.05, 4.69) is 0 Å². The molecule has 0 amide bonds. The van der Waals surface area contributed by atoms with E-state index in [1.165, 1.54) is 12.8 Å². The summed E-state index contributed by atoms with van der Waals surface area (Å²) in [6.07, 6.45) is 2.56. The lowest BCUT2D eigenvalue weighted by molar-refractivity contribution is 0.0889. The second-order valence-electron chi connectivity index (χ2n) is 4.99. The van der Waals surface area contributed by atoms with Gasteiger partial charge in [-0.2, -0.15) is 0 Å². The van der Waals surface area contributed by atoms with Crippen molar-refractivity contribution >= 4 is 34.8 Å². The molecule has 100 valence electrons. The summed E-state index contributed by atoms with van der Waals surface area (Å²) in [6, 6.07) is 7.71. The molecule has 1 aromatic carbocycles. The van der Waals surface area contributed by atoms with Gasteiger partial charge in [0.1, 0.15) is 0 Å². The van der Waals surface area contributed by atoms with Gasteiger partial charge in [0.05, 0.1) is 6.61 Å². The largest absolute Gasteiger partial charge is 0.380 e. The van der Waals surface area contributed by atoms with Crippen LogP contribution in [0, 0.1) is 5.92 Å². The summed E-state index contributed by atoms with van der Waals surface area (Å²) in [7, 11) is 0. The molecule has 2 rings (SSSR count). The van der Waals surface area contributed by atoms with E-state index < -0.39 is 5.41 Å². The summed E-state index contributed by atoms with van der Waals surface area (Å²) in [5.41, 5.74) is 0.587. The monoisotopic (exact) mass is 306 g/mol. The molecule has 4 heteroatoms. The first-order valence-electron chi connectivity index (χ1n) is 6.16. The fourth-order valence-corrected chi connectivity index (χ4v) is 3.00. The molecule has 0 spiro atoms. The average molecular weight is 308 g/mol. The van der Waals surface area contributed by atoms with Crippen molar-refractivity contribution < 1.29 is 4.74 Å². The first kappa shape index (κ1) is 14.5. The van der Waals surface area contributed by atoms with E-state index in [1.54, 1.807) is 0 Å². The number of halogens is 3. The van der Waals surface area contributed by atoms with E-state index in [4.69, 9.17) is 39.5 Å². The zero-order chi connectivity index (χ0) is 13.0. The van der Waals surface area contributed by atoms with Gasteiger partial charge < -0.3 is 4.74 Å². The highest BCUT2D eigenvalue weighted by Gasteiger charge is 2.34. The fourth-order valence-electron chi connectivity index (χ4n) is 1.93. The molecule has 0 aromatic heterocycles. The summed E-state index contributed by atoms with van der Waals surface area (Å²) in [5.74, 6) is 1.55. The van der Waals surface area contributed by atoms with Crippen molar-refractivity contribution in [2.45, 2.75) is 18.3 Å². The Labute approximate surface area is 123 Å². The lowest BCUT2D eigenvalue weighted by Gasteiger charge is -2.30. The summed E-state index contributed by atoms with van der Waals surface area (Å²) >= 11 is 18.5. The number of ether oxygens (including phenoxy) is 1. The zero-order valence-corrected chi connectivity index (χ0v) is 12.4. The number of rotatable bonds is 7. The molecule has 1 nitrogen and oxygen atoms in total. The predicted molar refractivity (Wildman–Crippen MR) is 78.1 cm³/mol. The molecule has 1 aliphatic carbocycles. The first-order valence-corrected chi connectivity index (χ1v) is 7.61. The van der Waals surface area contributed by atoms with Crippen LogP contribution in [0.3, 0.4) is 0 Å². The van der Waals surface area contributed by atoms with Crippen molar-refractivity contribution in [3.05, 3.63) is 34.9 Å². The average Bonchev–Trinajstić information content (AvgIpc) is 3.20. The van der Waals surface area contributed by atoms with E-state index in [-0.39, 0.29) is 0 Å². The Morgan fingerprint density at radius 1 is 1.17 bits per heavy atom. The van der Waals surface area contributed by atoms with Crippen molar-refractivity contribution in [3.63, 3.8) is 0 Å². The summed E-state index contributed by atoms with van der Waals surface area (Å²) in [4.78, 5) is 0. The Morgan fingerprint density at radius 2 is 1.83 bits per heavy atom. The molecule has 0 heterocycles. The van der Waals surface area contributed by atoms with Crippen molar-refractivity contribution in [3.8, 4) is 0 Å². The van der Waals surface area contributed by atoms with Gasteiger partial charge in [-0.15, -0.1) is 23.2 Å². The van der Waals surface area contributed by atoms with Crippen molar-refractivity contribution in [1.82, 2.24) is 0 Å². The van der Waals surface area contributed by atoms with E-state index in [9.17, 15) is 0 Å².